The minimum absolute atomic E-state index is 0.229. The third kappa shape index (κ3) is 3.35. The fourth-order valence-electron chi connectivity index (χ4n) is 1.70. The van der Waals surface area contributed by atoms with Gasteiger partial charge >= 0.3 is 5.97 Å². The van der Waals surface area contributed by atoms with Crippen molar-refractivity contribution in [1.29, 1.82) is 0 Å². The van der Waals surface area contributed by atoms with E-state index < -0.39 is 17.8 Å². The standard InChI is InChI=1S/C14H17BrO4/c1-7-5-12(19-4)10(6-11(7)15)13(16)8(2)9(3)14(17)18/h5-6,8-9H,1-4H3,(H,17,18). The molecule has 4 nitrogen and oxygen atoms in total. The summed E-state index contributed by atoms with van der Waals surface area (Å²) in [6, 6.07) is 3.44. The number of hydrogen-bond donors (Lipinski definition) is 1. The fourth-order valence-corrected chi connectivity index (χ4v) is 2.05. The Morgan fingerprint density at radius 3 is 2.32 bits per heavy atom. The van der Waals surface area contributed by atoms with Gasteiger partial charge in [-0.1, -0.05) is 29.8 Å². The molecule has 104 valence electrons. The van der Waals surface area contributed by atoms with Gasteiger partial charge in [-0.05, 0) is 24.6 Å². The van der Waals surface area contributed by atoms with E-state index in [0.29, 0.717) is 11.3 Å². The van der Waals surface area contributed by atoms with Crippen LogP contribution in [-0.4, -0.2) is 24.0 Å². The number of ether oxygens (including phenoxy) is 1. The molecule has 0 spiro atoms. The Morgan fingerprint density at radius 2 is 1.84 bits per heavy atom. The highest BCUT2D eigenvalue weighted by molar-refractivity contribution is 9.10. The van der Waals surface area contributed by atoms with Crippen LogP contribution < -0.4 is 4.74 Å². The molecule has 0 radical (unpaired) electrons. The Hall–Kier alpha value is -1.36. The third-order valence-electron chi connectivity index (χ3n) is 3.30. The molecule has 1 N–H and O–H groups in total. The maximum absolute atomic E-state index is 12.4. The number of benzene rings is 1. The predicted molar refractivity (Wildman–Crippen MR) is 75.7 cm³/mol. The Labute approximate surface area is 120 Å². The van der Waals surface area contributed by atoms with Gasteiger partial charge in [0.25, 0.3) is 0 Å². The molecule has 0 saturated heterocycles. The monoisotopic (exact) mass is 328 g/mol. The molecule has 2 unspecified atom stereocenters. The van der Waals surface area contributed by atoms with E-state index in [2.05, 4.69) is 15.9 Å². The van der Waals surface area contributed by atoms with E-state index in [-0.39, 0.29) is 5.78 Å². The van der Waals surface area contributed by atoms with Gasteiger partial charge < -0.3 is 9.84 Å². The highest BCUT2D eigenvalue weighted by Gasteiger charge is 2.28. The number of carbonyl (C=O) groups is 2. The van der Waals surface area contributed by atoms with Crippen LogP contribution in [0.4, 0.5) is 0 Å². The van der Waals surface area contributed by atoms with Crippen LogP contribution in [-0.2, 0) is 4.79 Å². The summed E-state index contributed by atoms with van der Waals surface area (Å²) >= 11 is 3.37. The second-order valence-electron chi connectivity index (χ2n) is 4.58. The summed E-state index contributed by atoms with van der Waals surface area (Å²) in [6.07, 6.45) is 0. The molecule has 2 atom stereocenters. The Balaban J connectivity index is 3.19. The van der Waals surface area contributed by atoms with Crippen LogP contribution in [0.5, 0.6) is 5.75 Å². The van der Waals surface area contributed by atoms with Gasteiger partial charge in [0.2, 0.25) is 0 Å². The maximum Gasteiger partial charge on any atom is 0.306 e. The first kappa shape index (κ1) is 15.7. The number of rotatable bonds is 5. The van der Waals surface area contributed by atoms with Crippen LogP contribution in [0.3, 0.4) is 0 Å². The lowest BCUT2D eigenvalue weighted by Crippen LogP contribution is -2.25. The van der Waals surface area contributed by atoms with Crippen molar-refractivity contribution in [1.82, 2.24) is 0 Å². The summed E-state index contributed by atoms with van der Waals surface area (Å²) in [6.45, 7) is 5.04. The molecule has 0 saturated carbocycles. The minimum atomic E-state index is -0.981. The highest BCUT2D eigenvalue weighted by Crippen LogP contribution is 2.30. The molecule has 5 heteroatoms. The molecular formula is C14H17BrO4. The second-order valence-corrected chi connectivity index (χ2v) is 5.44. The van der Waals surface area contributed by atoms with Crippen LogP contribution in [0.25, 0.3) is 0 Å². The lowest BCUT2D eigenvalue weighted by atomic mass is 9.88. The molecule has 0 fully saturated rings. The van der Waals surface area contributed by atoms with Gasteiger partial charge in [0.15, 0.2) is 5.78 Å². The molecule has 0 bridgehead atoms. The molecule has 1 aromatic rings. The predicted octanol–water partition coefficient (Wildman–Crippen LogP) is 3.31. The lowest BCUT2D eigenvalue weighted by Gasteiger charge is -2.17. The summed E-state index contributed by atoms with van der Waals surface area (Å²) in [5, 5.41) is 8.98. The van der Waals surface area contributed by atoms with Crippen molar-refractivity contribution in [2.75, 3.05) is 7.11 Å². The second kappa shape index (κ2) is 6.19. The average molecular weight is 329 g/mol. The number of aliphatic carboxylic acids is 1. The van der Waals surface area contributed by atoms with E-state index in [1.807, 2.05) is 6.92 Å². The van der Waals surface area contributed by atoms with Gasteiger partial charge in [0, 0.05) is 10.4 Å². The van der Waals surface area contributed by atoms with Crippen molar-refractivity contribution in [2.45, 2.75) is 20.8 Å². The van der Waals surface area contributed by atoms with E-state index in [1.165, 1.54) is 14.0 Å². The first-order chi connectivity index (χ1) is 8.79. The summed E-state index contributed by atoms with van der Waals surface area (Å²) in [4.78, 5) is 23.3. The highest BCUT2D eigenvalue weighted by atomic mass is 79.9. The smallest absolute Gasteiger partial charge is 0.306 e. The van der Waals surface area contributed by atoms with Gasteiger partial charge in [-0.3, -0.25) is 9.59 Å². The molecule has 0 aromatic heterocycles. The number of carboxylic acids is 1. The van der Waals surface area contributed by atoms with Gasteiger partial charge in [0.05, 0.1) is 18.6 Å². The van der Waals surface area contributed by atoms with E-state index in [1.54, 1.807) is 19.1 Å². The quantitative estimate of drug-likeness (QED) is 0.842. The van der Waals surface area contributed by atoms with Crippen molar-refractivity contribution in [2.24, 2.45) is 11.8 Å². The molecule has 0 heterocycles. The zero-order chi connectivity index (χ0) is 14.7. The Kier molecular flexibility index (Phi) is 5.11. The molecular weight excluding hydrogens is 312 g/mol. The topological polar surface area (TPSA) is 63.6 Å². The number of ketones is 1. The van der Waals surface area contributed by atoms with Crippen LogP contribution >= 0.6 is 15.9 Å². The number of halogens is 1. The van der Waals surface area contributed by atoms with Crippen LogP contribution in [0.2, 0.25) is 0 Å². The Morgan fingerprint density at radius 1 is 1.26 bits per heavy atom. The largest absolute Gasteiger partial charge is 0.496 e. The first-order valence-electron chi connectivity index (χ1n) is 5.90. The van der Waals surface area contributed by atoms with E-state index in [9.17, 15) is 9.59 Å². The van der Waals surface area contributed by atoms with Crippen molar-refractivity contribution in [3.63, 3.8) is 0 Å². The number of carboxylic acid groups (broad SMARTS) is 1. The van der Waals surface area contributed by atoms with Crippen LogP contribution in [0.15, 0.2) is 16.6 Å². The molecule has 1 rings (SSSR count). The van der Waals surface area contributed by atoms with Gasteiger partial charge in [0.1, 0.15) is 5.75 Å². The molecule has 0 aliphatic heterocycles. The SMILES string of the molecule is COc1cc(C)c(Br)cc1C(=O)C(C)C(C)C(=O)O. The van der Waals surface area contributed by atoms with Crippen LogP contribution in [0, 0.1) is 18.8 Å². The molecule has 0 aliphatic rings. The molecule has 1 aromatic carbocycles. The van der Waals surface area contributed by atoms with Crippen molar-refractivity contribution in [3.8, 4) is 5.75 Å². The zero-order valence-corrected chi connectivity index (χ0v) is 12.9. The average Bonchev–Trinajstić information content (AvgIpc) is 2.38. The lowest BCUT2D eigenvalue weighted by molar-refractivity contribution is -0.142. The van der Waals surface area contributed by atoms with Gasteiger partial charge in [-0.2, -0.15) is 0 Å². The number of carbonyl (C=O) groups excluding carboxylic acids is 1. The van der Waals surface area contributed by atoms with E-state index >= 15 is 0 Å². The molecule has 0 aliphatic carbocycles. The van der Waals surface area contributed by atoms with E-state index in [4.69, 9.17) is 9.84 Å². The summed E-state index contributed by atoms with van der Waals surface area (Å²) < 4.78 is 6.00. The van der Waals surface area contributed by atoms with Crippen molar-refractivity contribution in [3.05, 3.63) is 27.7 Å². The van der Waals surface area contributed by atoms with Gasteiger partial charge in [-0.25, -0.2) is 0 Å². The van der Waals surface area contributed by atoms with Gasteiger partial charge in [-0.15, -0.1) is 0 Å². The minimum Gasteiger partial charge on any atom is -0.496 e. The number of Topliss-reactive ketones (excluding diaryl/α,β-unsaturated/α-hetero) is 1. The number of methoxy groups -OCH3 is 1. The maximum atomic E-state index is 12.4. The fraction of sp³-hybridized carbons (Fsp3) is 0.429. The molecule has 0 amide bonds. The van der Waals surface area contributed by atoms with Crippen molar-refractivity contribution < 1.29 is 19.4 Å². The normalized spacial score (nSPS) is 13.7. The number of hydrogen-bond acceptors (Lipinski definition) is 3. The Bertz CT molecular complexity index is 510. The third-order valence-corrected chi connectivity index (χ3v) is 4.15. The summed E-state index contributed by atoms with van der Waals surface area (Å²) in [5.74, 6) is -2.09. The summed E-state index contributed by atoms with van der Waals surface area (Å²) in [5.41, 5.74) is 1.35. The van der Waals surface area contributed by atoms with Crippen molar-refractivity contribution >= 4 is 27.7 Å². The number of aryl methyl sites for hydroxylation is 1. The first-order valence-corrected chi connectivity index (χ1v) is 6.70. The zero-order valence-electron chi connectivity index (χ0n) is 11.4. The van der Waals surface area contributed by atoms with E-state index in [0.717, 1.165) is 10.0 Å². The summed E-state index contributed by atoms with van der Waals surface area (Å²) in [7, 11) is 1.49. The van der Waals surface area contributed by atoms with Crippen LogP contribution in [0.1, 0.15) is 29.8 Å². The molecule has 19 heavy (non-hydrogen) atoms.